The van der Waals surface area contributed by atoms with E-state index in [0.29, 0.717) is 0 Å². The second kappa shape index (κ2) is 3.94. The predicted molar refractivity (Wildman–Crippen MR) is 41.8 cm³/mol. The molecule has 0 aromatic rings. The lowest BCUT2D eigenvalue weighted by Gasteiger charge is -2.12. The summed E-state index contributed by atoms with van der Waals surface area (Å²) >= 11 is 0. The van der Waals surface area contributed by atoms with Crippen molar-refractivity contribution in [1.29, 1.82) is 0 Å². The number of nitrogens with two attached hydrogens (primary N) is 1. The summed E-state index contributed by atoms with van der Waals surface area (Å²) in [5, 5.41) is 0. The van der Waals surface area contributed by atoms with Gasteiger partial charge in [-0.3, -0.25) is 0 Å². The number of methoxy groups -OCH3 is 1. The summed E-state index contributed by atoms with van der Waals surface area (Å²) in [5.74, 6) is 1.68. The van der Waals surface area contributed by atoms with Crippen LogP contribution < -0.4 is 5.73 Å². The Balaban J connectivity index is 2.13. The zero-order valence-corrected chi connectivity index (χ0v) is 6.68. The molecule has 60 valence electrons. The van der Waals surface area contributed by atoms with Gasteiger partial charge in [-0.15, -0.1) is 0 Å². The zero-order chi connectivity index (χ0) is 7.40. The first kappa shape index (κ1) is 8.02. The molecule has 1 aliphatic carbocycles. The molecule has 1 rings (SSSR count). The second-order valence-electron chi connectivity index (χ2n) is 3.13. The standard InChI is InChI=1S/C8H17NO/c1-10-6-8(4-5-9)7-2-3-7/h7-8H,2-6,9H2,1H3. The molecule has 1 atom stereocenters. The van der Waals surface area contributed by atoms with Gasteiger partial charge in [-0.05, 0) is 37.6 Å². The van der Waals surface area contributed by atoms with Crippen molar-refractivity contribution >= 4 is 0 Å². The number of hydrogen-bond donors (Lipinski definition) is 1. The zero-order valence-electron chi connectivity index (χ0n) is 6.68. The molecule has 1 unspecified atom stereocenters. The molecule has 1 aliphatic rings. The van der Waals surface area contributed by atoms with Crippen LogP contribution in [0.1, 0.15) is 19.3 Å². The van der Waals surface area contributed by atoms with Crippen molar-refractivity contribution in [2.45, 2.75) is 19.3 Å². The fourth-order valence-electron chi connectivity index (χ4n) is 1.45. The Hall–Kier alpha value is -0.0800. The Kier molecular flexibility index (Phi) is 3.16. The third kappa shape index (κ3) is 2.27. The van der Waals surface area contributed by atoms with Crippen molar-refractivity contribution in [3.8, 4) is 0 Å². The van der Waals surface area contributed by atoms with Crippen molar-refractivity contribution in [2.75, 3.05) is 20.3 Å². The third-order valence-corrected chi connectivity index (χ3v) is 2.21. The smallest absolute Gasteiger partial charge is 0.0493 e. The Labute approximate surface area is 62.7 Å². The van der Waals surface area contributed by atoms with E-state index >= 15 is 0 Å². The number of hydrogen-bond acceptors (Lipinski definition) is 2. The molecule has 0 aromatic carbocycles. The lowest BCUT2D eigenvalue weighted by Crippen LogP contribution is -2.15. The molecule has 1 saturated carbocycles. The summed E-state index contributed by atoms with van der Waals surface area (Å²) in [6.07, 6.45) is 3.93. The van der Waals surface area contributed by atoms with Crippen LogP contribution in [0.3, 0.4) is 0 Å². The molecule has 1 fully saturated rings. The average molecular weight is 143 g/mol. The van der Waals surface area contributed by atoms with Gasteiger partial charge in [0.05, 0.1) is 0 Å². The first-order valence-corrected chi connectivity index (χ1v) is 4.07. The molecule has 2 heteroatoms. The van der Waals surface area contributed by atoms with Crippen LogP contribution in [-0.4, -0.2) is 20.3 Å². The Morgan fingerprint density at radius 3 is 2.70 bits per heavy atom. The first-order valence-electron chi connectivity index (χ1n) is 4.07. The topological polar surface area (TPSA) is 35.2 Å². The molecule has 0 radical (unpaired) electrons. The monoisotopic (exact) mass is 143 g/mol. The molecule has 0 amide bonds. The predicted octanol–water partition coefficient (Wildman–Crippen LogP) is 1.01. The average Bonchev–Trinajstić information content (AvgIpc) is 2.69. The van der Waals surface area contributed by atoms with Crippen LogP contribution in [0.15, 0.2) is 0 Å². The number of rotatable bonds is 5. The summed E-state index contributed by atoms with van der Waals surface area (Å²) in [5.41, 5.74) is 5.47. The summed E-state index contributed by atoms with van der Waals surface area (Å²) in [4.78, 5) is 0. The molecular formula is C8H17NO. The van der Waals surface area contributed by atoms with E-state index < -0.39 is 0 Å². The summed E-state index contributed by atoms with van der Waals surface area (Å²) in [7, 11) is 1.77. The van der Waals surface area contributed by atoms with Crippen LogP contribution in [0.5, 0.6) is 0 Å². The van der Waals surface area contributed by atoms with Crippen molar-refractivity contribution < 1.29 is 4.74 Å². The molecule has 0 aliphatic heterocycles. The highest BCUT2D eigenvalue weighted by molar-refractivity contribution is 4.81. The molecule has 0 saturated heterocycles. The normalized spacial score (nSPS) is 21.0. The van der Waals surface area contributed by atoms with Crippen molar-refractivity contribution in [3.05, 3.63) is 0 Å². The van der Waals surface area contributed by atoms with Gasteiger partial charge in [-0.1, -0.05) is 0 Å². The minimum atomic E-state index is 0.745. The second-order valence-corrected chi connectivity index (χ2v) is 3.13. The van der Waals surface area contributed by atoms with E-state index in [2.05, 4.69) is 0 Å². The van der Waals surface area contributed by atoms with Crippen molar-refractivity contribution in [1.82, 2.24) is 0 Å². The summed E-state index contributed by atoms with van der Waals surface area (Å²) < 4.78 is 5.10. The van der Waals surface area contributed by atoms with E-state index in [1.165, 1.54) is 12.8 Å². The van der Waals surface area contributed by atoms with Crippen molar-refractivity contribution in [2.24, 2.45) is 17.6 Å². The quantitative estimate of drug-likeness (QED) is 0.623. The maximum absolute atomic E-state index is 5.47. The highest BCUT2D eigenvalue weighted by atomic mass is 16.5. The van der Waals surface area contributed by atoms with Gasteiger partial charge in [0.15, 0.2) is 0 Å². The van der Waals surface area contributed by atoms with Gasteiger partial charge < -0.3 is 10.5 Å². The van der Waals surface area contributed by atoms with E-state index in [4.69, 9.17) is 10.5 Å². The number of ether oxygens (including phenoxy) is 1. The Morgan fingerprint density at radius 1 is 1.60 bits per heavy atom. The Bertz CT molecular complexity index is 85.3. The Morgan fingerprint density at radius 2 is 2.30 bits per heavy atom. The van der Waals surface area contributed by atoms with Crippen LogP contribution in [0, 0.1) is 11.8 Å². The van der Waals surface area contributed by atoms with Crippen LogP contribution in [0.4, 0.5) is 0 Å². The molecular weight excluding hydrogens is 126 g/mol. The third-order valence-electron chi connectivity index (χ3n) is 2.21. The van der Waals surface area contributed by atoms with Crippen LogP contribution in [0.25, 0.3) is 0 Å². The summed E-state index contributed by atoms with van der Waals surface area (Å²) in [6, 6.07) is 0. The fraction of sp³-hybridized carbons (Fsp3) is 1.00. The largest absolute Gasteiger partial charge is 0.384 e. The molecule has 0 bridgehead atoms. The maximum Gasteiger partial charge on any atom is 0.0493 e. The SMILES string of the molecule is COCC(CCN)C1CC1. The molecule has 0 spiro atoms. The highest BCUT2D eigenvalue weighted by Crippen LogP contribution is 2.38. The van der Waals surface area contributed by atoms with Gasteiger partial charge in [-0.25, -0.2) is 0 Å². The first-order chi connectivity index (χ1) is 4.88. The van der Waals surface area contributed by atoms with E-state index in [-0.39, 0.29) is 0 Å². The van der Waals surface area contributed by atoms with Crippen LogP contribution in [-0.2, 0) is 4.74 Å². The van der Waals surface area contributed by atoms with Crippen LogP contribution >= 0.6 is 0 Å². The summed E-state index contributed by atoms with van der Waals surface area (Å²) in [6.45, 7) is 1.71. The maximum atomic E-state index is 5.47. The minimum absolute atomic E-state index is 0.745. The molecule has 2 nitrogen and oxygen atoms in total. The van der Waals surface area contributed by atoms with Gasteiger partial charge >= 0.3 is 0 Å². The molecule has 0 aromatic heterocycles. The lowest BCUT2D eigenvalue weighted by atomic mass is 10.0. The highest BCUT2D eigenvalue weighted by Gasteiger charge is 2.30. The molecule has 0 heterocycles. The molecule has 2 N–H and O–H groups in total. The van der Waals surface area contributed by atoms with Gasteiger partial charge in [0.2, 0.25) is 0 Å². The van der Waals surface area contributed by atoms with Gasteiger partial charge in [0.25, 0.3) is 0 Å². The lowest BCUT2D eigenvalue weighted by molar-refractivity contribution is 0.138. The van der Waals surface area contributed by atoms with E-state index in [1.807, 2.05) is 0 Å². The van der Waals surface area contributed by atoms with Gasteiger partial charge in [0.1, 0.15) is 0 Å². The van der Waals surface area contributed by atoms with E-state index in [1.54, 1.807) is 7.11 Å². The minimum Gasteiger partial charge on any atom is -0.384 e. The van der Waals surface area contributed by atoms with Gasteiger partial charge in [-0.2, -0.15) is 0 Å². The molecule has 10 heavy (non-hydrogen) atoms. The van der Waals surface area contributed by atoms with E-state index in [9.17, 15) is 0 Å². The van der Waals surface area contributed by atoms with E-state index in [0.717, 1.165) is 31.4 Å². The van der Waals surface area contributed by atoms with Crippen molar-refractivity contribution in [3.63, 3.8) is 0 Å². The van der Waals surface area contributed by atoms with Gasteiger partial charge in [0, 0.05) is 13.7 Å². The fourth-order valence-corrected chi connectivity index (χ4v) is 1.45. The van der Waals surface area contributed by atoms with Crippen LogP contribution in [0.2, 0.25) is 0 Å².